The Morgan fingerprint density at radius 3 is 2.09 bits per heavy atom. The second kappa shape index (κ2) is 7.74. The SMILES string of the molecule is C=C([Se]c1ccccc1)C(=O)C(OC(C)=O)c1ccccc1. The Balaban J connectivity index is 2.18. The predicted molar refractivity (Wildman–Crippen MR) is 86.9 cm³/mol. The van der Waals surface area contributed by atoms with E-state index in [9.17, 15) is 9.59 Å². The normalized spacial score (nSPS) is 11.5. The van der Waals surface area contributed by atoms with Crippen LogP contribution in [0.5, 0.6) is 0 Å². The van der Waals surface area contributed by atoms with Crippen LogP contribution in [0.1, 0.15) is 18.6 Å². The van der Waals surface area contributed by atoms with E-state index in [-0.39, 0.29) is 20.7 Å². The Morgan fingerprint density at radius 1 is 1.00 bits per heavy atom. The zero-order valence-corrected chi connectivity index (χ0v) is 13.9. The van der Waals surface area contributed by atoms with Crippen molar-refractivity contribution >= 4 is 31.2 Å². The monoisotopic (exact) mass is 360 g/mol. The van der Waals surface area contributed by atoms with E-state index in [1.807, 2.05) is 48.5 Å². The first-order chi connectivity index (χ1) is 10.6. The summed E-state index contributed by atoms with van der Waals surface area (Å²) < 4.78 is 6.76. The fourth-order valence-corrected chi connectivity index (χ4v) is 3.54. The molecule has 0 bridgehead atoms. The summed E-state index contributed by atoms with van der Waals surface area (Å²) in [6.45, 7) is 5.19. The van der Waals surface area contributed by atoms with Gasteiger partial charge in [0.25, 0.3) is 0 Å². The molecule has 0 heterocycles. The van der Waals surface area contributed by atoms with Gasteiger partial charge in [-0.15, -0.1) is 0 Å². The zero-order valence-electron chi connectivity index (χ0n) is 12.2. The molecule has 22 heavy (non-hydrogen) atoms. The van der Waals surface area contributed by atoms with E-state index >= 15 is 0 Å². The van der Waals surface area contributed by atoms with Gasteiger partial charge in [0.1, 0.15) is 0 Å². The number of esters is 1. The number of carbonyl (C=O) groups is 2. The third kappa shape index (κ3) is 4.42. The number of hydrogen-bond donors (Lipinski definition) is 0. The summed E-state index contributed by atoms with van der Waals surface area (Å²) in [5, 5.41) is 0. The van der Waals surface area contributed by atoms with Crippen LogP contribution < -0.4 is 4.46 Å². The van der Waals surface area contributed by atoms with Crippen molar-refractivity contribution in [1.82, 2.24) is 0 Å². The van der Waals surface area contributed by atoms with Crippen molar-refractivity contribution in [3.63, 3.8) is 0 Å². The molecule has 2 aromatic rings. The van der Waals surface area contributed by atoms with Crippen LogP contribution in [0.15, 0.2) is 71.7 Å². The molecule has 2 aromatic carbocycles. The van der Waals surface area contributed by atoms with Gasteiger partial charge in [0, 0.05) is 0 Å². The molecule has 0 spiro atoms. The Bertz CT molecular complexity index is 665. The Kier molecular flexibility index (Phi) is 5.70. The summed E-state index contributed by atoms with van der Waals surface area (Å²) in [6, 6.07) is 18.7. The number of hydrogen-bond acceptors (Lipinski definition) is 3. The van der Waals surface area contributed by atoms with Crippen molar-refractivity contribution in [2.24, 2.45) is 0 Å². The Labute approximate surface area is 136 Å². The van der Waals surface area contributed by atoms with Crippen LogP contribution in [0.3, 0.4) is 0 Å². The first-order valence-electron chi connectivity index (χ1n) is 6.76. The standard InChI is InChI=1S/C18H16O3Se/c1-13(22-16-11-7-4-8-12-16)17(20)18(21-14(2)19)15-9-5-3-6-10-15/h3-12,18H,1H2,2H3. The van der Waals surface area contributed by atoms with Gasteiger partial charge in [-0.1, -0.05) is 0 Å². The van der Waals surface area contributed by atoms with E-state index in [1.165, 1.54) is 6.92 Å². The van der Waals surface area contributed by atoms with Crippen LogP contribution >= 0.6 is 0 Å². The number of ketones is 1. The van der Waals surface area contributed by atoms with Crippen LogP contribution in [-0.2, 0) is 14.3 Å². The fourth-order valence-electron chi connectivity index (χ4n) is 1.89. The predicted octanol–water partition coefficient (Wildman–Crippen LogP) is 2.40. The van der Waals surface area contributed by atoms with Crippen molar-refractivity contribution in [3.8, 4) is 0 Å². The van der Waals surface area contributed by atoms with Gasteiger partial charge >= 0.3 is 136 Å². The fraction of sp³-hybridized carbons (Fsp3) is 0.111. The van der Waals surface area contributed by atoms with E-state index in [0.717, 1.165) is 4.46 Å². The minimum absolute atomic E-state index is 0.189. The molecule has 0 aliphatic carbocycles. The van der Waals surface area contributed by atoms with Gasteiger partial charge in [0.2, 0.25) is 0 Å². The summed E-state index contributed by atoms with van der Waals surface area (Å²) >= 11 is -0.189. The first kappa shape index (κ1) is 16.2. The van der Waals surface area contributed by atoms with E-state index < -0.39 is 12.1 Å². The van der Waals surface area contributed by atoms with Crippen molar-refractivity contribution in [2.45, 2.75) is 13.0 Å². The van der Waals surface area contributed by atoms with Gasteiger partial charge in [-0.3, -0.25) is 0 Å². The second-order valence-corrected chi connectivity index (χ2v) is 7.05. The van der Waals surface area contributed by atoms with Crippen LogP contribution in [0.2, 0.25) is 0 Å². The molecule has 0 aromatic heterocycles. The van der Waals surface area contributed by atoms with E-state index in [4.69, 9.17) is 4.74 Å². The van der Waals surface area contributed by atoms with Crippen molar-refractivity contribution in [2.75, 3.05) is 0 Å². The zero-order chi connectivity index (χ0) is 15.9. The number of benzene rings is 2. The quantitative estimate of drug-likeness (QED) is 0.452. The maximum absolute atomic E-state index is 12.6. The summed E-state index contributed by atoms with van der Waals surface area (Å²) in [4.78, 5) is 23.9. The molecular weight excluding hydrogens is 343 g/mol. The molecule has 1 atom stereocenters. The molecule has 112 valence electrons. The van der Waals surface area contributed by atoms with Crippen molar-refractivity contribution < 1.29 is 14.3 Å². The summed E-state index contributed by atoms with van der Waals surface area (Å²) in [5.74, 6) is -0.729. The van der Waals surface area contributed by atoms with Gasteiger partial charge in [-0.25, -0.2) is 0 Å². The molecule has 3 nitrogen and oxygen atoms in total. The first-order valence-corrected chi connectivity index (χ1v) is 8.47. The molecular formula is C18H16O3Se. The van der Waals surface area contributed by atoms with Gasteiger partial charge in [0.05, 0.1) is 0 Å². The number of carbonyl (C=O) groups excluding carboxylic acids is 2. The molecule has 0 saturated heterocycles. The Morgan fingerprint density at radius 2 is 1.55 bits per heavy atom. The molecule has 1 unspecified atom stereocenters. The van der Waals surface area contributed by atoms with Gasteiger partial charge in [-0.2, -0.15) is 0 Å². The van der Waals surface area contributed by atoms with Gasteiger partial charge in [-0.05, 0) is 0 Å². The Hall–Kier alpha value is -2.16. The van der Waals surface area contributed by atoms with Crippen LogP contribution in [0.25, 0.3) is 0 Å². The molecule has 0 N–H and O–H groups in total. The van der Waals surface area contributed by atoms with E-state index in [1.54, 1.807) is 12.1 Å². The number of Topliss-reactive ketones (excluding diaryl/α,β-unsaturated/α-hetero) is 1. The topological polar surface area (TPSA) is 43.4 Å². The maximum atomic E-state index is 12.6. The van der Waals surface area contributed by atoms with Gasteiger partial charge in [0.15, 0.2) is 0 Å². The average Bonchev–Trinajstić information content (AvgIpc) is 2.53. The van der Waals surface area contributed by atoms with Crippen molar-refractivity contribution in [3.05, 3.63) is 77.3 Å². The molecule has 0 aliphatic heterocycles. The molecule has 0 aliphatic rings. The van der Waals surface area contributed by atoms with E-state index in [0.29, 0.717) is 10.0 Å². The van der Waals surface area contributed by atoms with E-state index in [2.05, 4.69) is 6.58 Å². The van der Waals surface area contributed by atoms with Crippen LogP contribution in [0.4, 0.5) is 0 Å². The second-order valence-electron chi connectivity index (χ2n) is 4.60. The third-order valence-corrected chi connectivity index (χ3v) is 4.89. The summed E-state index contributed by atoms with van der Waals surface area (Å²) in [6.07, 6.45) is -0.920. The summed E-state index contributed by atoms with van der Waals surface area (Å²) in [5.41, 5.74) is 0.660. The van der Waals surface area contributed by atoms with Crippen LogP contribution in [-0.4, -0.2) is 26.7 Å². The van der Waals surface area contributed by atoms with Crippen molar-refractivity contribution in [1.29, 1.82) is 0 Å². The summed E-state index contributed by atoms with van der Waals surface area (Å²) in [7, 11) is 0. The van der Waals surface area contributed by atoms with Gasteiger partial charge < -0.3 is 0 Å². The molecule has 0 fully saturated rings. The molecule has 2 rings (SSSR count). The minimum atomic E-state index is -0.920. The third-order valence-electron chi connectivity index (χ3n) is 2.88. The number of rotatable bonds is 6. The molecule has 4 heteroatoms. The number of ether oxygens (including phenoxy) is 1. The van der Waals surface area contributed by atoms with Crippen LogP contribution in [0, 0.1) is 0 Å². The molecule has 0 amide bonds. The molecule has 0 radical (unpaired) electrons. The molecule has 0 saturated carbocycles. The average molecular weight is 359 g/mol.